The molecule has 0 radical (unpaired) electrons. The van der Waals surface area contributed by atoms with Crippen molar-refractivity contribution >= 4 is 28.9 Å². The summed E-state index contributed by atoms with van der Waals surface area (Å²) >= 11 is 5.26. The summed E-state index contributed by atoms with van der Waals surface area (Å²) in [4.78, 5) is 12.4. The average Bonchev–Trinajstić information content (AvgIpc) is 3.20. The Labute approximate surface area is 176 Å². The second-order valence-electron chi connectivity index (χ2n) is 7.07. The van der Waals surface area contributed by atoms with Crippen molar-refractivity contribution in [2.45, 2.75) is 38.9 Å². The molecule has 0 aromatic heterocycles. The summed E-state index contributed by atoms with van der Waals surface area (Å²) in [5, 5.41) is 5.91. The van der Waals surface area contributed by atoms with Gasteiger partial charge in [0, 0.05) is 23.9 Å². The highest BCUT2D eigenvalue weighted by atomic mass is 32.1. The van der Waals surface area contributed by atoms with Crippen LogP contribution in [0.25, 0.3) is 0 Å². The van der Waals surface area contributed by atoms with Gasteiger partial charge in [0.25, 0.3) is 5.91 Å². The van der Waals surface area contributed by atoms with E-state index in [2.05, 4.69) is 10.6 Å². The summed E-state index contributed by atoms with van der Waals surface area (Å²) in [5.74, 6) is 1.15. The highest BCUT2D eigenvalue weighted by Crippen LogP contribution is 2.20. The molecule has 1 saturated heterocycles. The second kappa shape index (κ2) is 10.2. The Balaban J connectivity index is 1.50. The van der Waals surface area contributed by atoms with Crippen LogP contribution in [-0.4, -0.2) is 36.4 Å². The molecule has 1 aliphatic heterocycles. The fourth-order valence-electron chi connectivity index (χ4n) is 2.92. The molecule has 7 heteroatoms. The molecule has 1 amide bonds. The van der Waals surface area contributed by atoms with Crippen molar-refractivity contribution in [3.05, 3.63) is 54.1 Å². The van der Waals surface area contributed by atoms with Crippen molar-refractivity contribution < 1.29 is 19.0 Å². The fraction of sp³-hybridized carbons (Fsp3) is 0.364. The van der Waals surface area contributed by atoms with Crippen LogP contribution in [0.1, 0.15) is 37.0 Å². The third-order valence-corrected chi connectivity index (χ3v) is 4.47. The topological polar surface area (TPSA) is 68.8 Å². The Kier molecular flexibility index (Phi) is 7.43. The average molecular weight is 415 g/mol. The van der Waals surface area contributed by atoms with Gasteiger partial charge in [-0.05, 0) is 75.3 Å². The number of carbonyl (C=O) groups excluding carboxylic acids is 1. The van der Waals surface area contributed by atoms with Gasteiger partial charge in [-0.3, -0.25) is 10.1 Å². The van der Waals surface area contributed by atoms with E-state index in [1.54, 1.807) is 24.3 Å². The number of ether oxygens (including phenoxy) is 3. The molecule has 2 aromatic rings. The number of carbonyl (C=O) groups is 1. The van der Waals surface area contributed by atoms with E-state index in [1.807, 2.05) is 38.1 Å². The third-order valence-electron chi connectivity index (χ3n) is 4.27. The molecule has 0 aliphatic carbocycles. The van der Waals surface area contributed by atoms with Crippen molar-refractivity contribution in [1.29, 1.82) is 0 Å². The molecule has 1 fully saturated rings. The van der Waals surface area contributed by atoms with Gasteiger partial charge < -0.3 is 19.5 Å². The zero-order chi connectivity index (χ0) is 20.6. The highest BCUT2D eigenvalue weighted by Gasteiger charge is 2.16. The quantitative estimate of drug-likeness (QED) is 0.663. The van der Waals surface area contributed by atoms with E-state index in [0.717, 1.165) is 36.6 Å². The number of rotatable bonds is 7. The van der Waals surface area contributed by atoms with Gasteiger partial charge >= 0.3 is 0 Å². The van der Waals surface area contributed by atoms with Crippen LogP contribution >= 0.6 is 12.2 Å². The number of amides is 1. The molecular formula is C22H26N2O4S. The first-order chi connectivity index (χ1) is 14.0. The van der Waals surface area contributed by atoms with E-state index >= 15 is 0 Å². The zero-order valence-corrected chi connectivity index (χ0v) is 17.5. The van der Waals surface area contributed by atoms with E-state index in [1.165, 1.54) is 0 Å². The molecule has 2 N–H and O–H groups in total. The van der Waals surface area contributed by atoms with Crippen LogP contribution in [0.3, 0.4) is 0 Å². The first-order valence-electron chi connectivity index (χ1n) is 9.73. The molecule has 0 saturated carbocycles. The van der Waals surface area contributed by atoms with Gasteiger partial charge in [0.2, 0.25) is 0 Å². The molecule has 154 valence electrons. The fourth-order valence-corrected chi connectivity index (χ4v) is 3.13. The normalized spacial score (nSPS) is 15.8. The predicted molar refractivity (Wildman–Crippen MR) is 117 cm³/mol. The van der Waals surface area contributed by atoms with Crippen molar-refractivity contribution in [3.8, 4) is 11.5 Å². The van der Waals surface area contributed by atoms with Crippen LogP contribution in [0.5, 0.6) is 11.5 Å². The first-order valence-corrected chi connectivity index (χ1v) is 10.1. The summed E-state index contributed by atoms with van der Waals surface area (Å²) in [7, 11) is 0. The smallest absolute Gasteiger partial charge is 0.257 e. The Morgan fingerprint density at radius 1 is 1.21 bits per heavy atom. The molecule has 1 aliphatic rings. The monoisotopic (exact) mass is 414 g/mol. The Morgan fingerprint density at radius 3 is 2.69 bits per heavy atom. The van der Waals surface area contributed by atoms with Gasteiger partial charge in [0.1, 0.15) is 18.1 Å². The molecule has 3 rings (SSSR count). The standard InChI is InChI=1S/C22H26N2O4S/c1-15(2)28-18-10-8-16(9-11-18)21(25)24-22(29)23-17-5-3-6-19(13-17)27-14-20-7-4-12-26-20/h3,5-6,8-11,13,15,20H,4,7,12,14H2,1-2H3,(H2,23,24,25,29). The van der Waals surface area contributed by atoms with E-state index < -0.39 is 0 Å². The van der Waals surface area contributed by atoms with Gasteiger partial charge in [-0.15, -0.1) is 0 Å². The van der Waals surface area contributed by atoms with Gasteiger partial charge in [-0.2, -0.15) is 0 Å². The van der Waals surface area contributed by atoms with Gasteiger partial charge in [0.05, 0.1) is 12.2 Å². The summed E-state index contributed by atoms with van der Waals surface area (Å²) in [6.45, 7) is 5.23. The molecule has 1 unspecified atom stereocenters. The largest absolute Gasteiger partial charge is 0.491 e. The van der Waals surface area contributed by atoms with E-state index in [0.29, 0.717) is 12.2 Å². The lowest BCUT2D eigenvalue weighted by atomic mass is 10.2. The lowest BCUT2D eigenvalue weighted by Gasteiger charge is -2.14. The van der Waals surface area contributed by atoms with E-state index in [4.69, 9.17) is 26.4 Å². The molecule has 2 aromatic carbocycles. The Morgan fingerprint density at radius 2 is 2.00 bits per heavy atom. The highest BCUT2D eigenvalue weighted by molar-refractivity contribution is 7.80. The van der Waals surface area contributed by atoms with Crippen LogP contribution < -0.4 is 20.1 Å². The number of hydrogen-bond acceptors (Lipinski definition) is 5. The van der Waals surface area contributed by atoms with E-state index in [9.17, 15) is 4.79 Å². The van der Waals surface area contributed by atoms with E-state index in [-0.39, 0.29) is 23.2 Å². The van der Waals surface area contributed by atoms with Gasteiger partial charge in [0.15, 0.2) is 5.11 Å². The third kappa shape index (κ3) is 6.73. The van der Waals surface area contributed by atoms with Crippen molar-refractivity contribution in [1.82, 2.24) is 5.32 Å². The summed E-state index contributed by atoms with van der Waals surface area (Å²) in [6.07, 6.45) is 2.34. The minimum absolute atomic E-state index is 0.0805. The predicted octanol–water partition coefficient (Wildman–Crippen LogP) is 4.16. The number of anilines is 1. The maximum atomic E-state index is 12.4. The van der Waals surface area contributed by atoms with Crippen LogP contribution in [0.4, 0.5) is 5.69 Å². The number of benzene rings is 2. The first kappa shape index (κ1) is 21.1. The zero-order valence-electron chi connectivity index (χ0n) is 16.6. The van der Waals surface area contributed by atoms with Crippen molar-refractivity contribution in [2.24, 2.45) is 0 Å². The number of nitrogens with one attached hydrogen (secondary N) is 2. The number of hydrogen-bond donors (Lipinski definition) is 2. The summed E-state index contributed by atoms with van der Waals surface area (Å²) < 4.78 is 16.9. The molecule has 6 nitrogen and oxygen atoms in total. The second-order valence-corrected chi connectivity index (χ2v) is 7.48. The maximum absolute atomic E-state index is 12.4. The van der Waals surface area contributed by atoms with Crippen LogP contribution in [0.15, 0.2) is 48.5 Å². The SMILES string of the molecule is CC(C)Oc1ccc(C(=O)NC(=S)Nc2cccc(OCC3CCCO3)c2)cc1. The van der Waals surface area contributed by atoms with Crippen LogP contribution in [-0.2, 0) is 4.74 Å². The van der Waals surface area contributed by atoms with Crippen molar-refractivity contribution in [3.63, 3.8) is 0 Å². The summed E-state index contributed by atoms with van der Waals surface area (Å²) in [5.41, 5.74) is 1.24. The minimum Gasteiger partial charge on any atom is -0.491 e. The van der Waals surface area contributed by atoms with Crippen molar-refractivity contribution in [2.75, 3.05) is 18.5 Å². The van der Waals surface area contributed by atoms with Crippen LogP contribution in [0.2, 0.25) is 0 Å². The maximum Gasteiger partial charge on any atom is 0.257 e. The summed E-state index contributed by atoms with van der Waals surface area (Å²) in [6, 6.07) is 14.4. The Hall–Kier alpha value is -2.64. The lowest BCUT2D eigenvalue weighted by Crippen LogP contribution is -2.34. The molecule has 1 atom stereocenters. The molecule has 0 bridgehead atoms. The molecule has 0 spiro atoms. The molecular weight excluding hydrogens is 388 g/mol. The number of thiocarbonyl (C=S) groups is 1. The Bertz CT molecular complexity index is 833. The van der Waals surface area contributed by atoms with Gasteiger partial charge in [-0.1, -0.05) is 6.07 Å². The molecule has 29 heavy (non-hydrogen) atoms. The van der Waals surface area contributed by atoms with Gasteiger partial charge in [-0.25, -0.2) is 0 Å². The minimum atomic E-state index is -0.288. The lowest BCUT2D eigenvalue weighted by molar-refractivity contribution is 0.0680. The van der Waals surface area contributed by atoms with Crippen LogP contribution in [0, 0.1) is 0 Å². The molecule has 1 heterocycles.